The minimum absolute atomic E-state index is 0.0666. The van der Waals surface area contributed by atoms with Crippen molar-refractivity contribution in [1.29, 1.82) is 0 Å². The first-order valence-corrected chi connectivity index (χ1v) is 19.3. The number of alkyl halides is 3. The Labute approximate surface area is 345 Å². The quantitative estimate of drug-likeness (QED) is 0.112. The van der Waals surface area contributed by atoms with E-state index in [1.54, 1.807) is 60.7 Å². The summed E-state index contributed by atoms with van der Waals surface area (Å²) in [5.41, 5.74) is 1.50. The maximum Gasteiger partial charge on any atom is 0.417 e. The van der Waals surface area contributed by atoms with Crippen molar-refractivity contribution in [3.63, 3.8) is 0 Å². The summed E-state index contributed by atoms with van der Waals surface area (Å²) in [6.45, 7) is 0. The van der Waals surface area contributed by atoms with Crippen LogP contribution >= 0.6 is 57.4 Å². The van der Waals surface area contributed by atoms with Crippen molar-refractivity contribution in [2.45, 2.75) is 30.4 Å². The lowest BCUT2D eigenvalue weighted by Crippen LogP contribution is -2.53. The SMILES string of the molecule is COc1cc(C2C3=CCC4C(=O)N(c5ccc(Cl)cc5)C(=O)C4C3CC3C(=O)N(Nc4ncc(C(F)(F)F)cc4Cl)C(=O)C32c2ccc(Cl)cc2)cc(I)c1O. The molecule has 4 aliphatic rings. The highest BCUT2D eigenvalue weighted by Gasteiger charge is 2.70. The number of carbonyl (C=O) groups is 4. The maximum atomic E-state index is 15.4. The van der Waals surface area contributed by atoms with Gasteiger partial charge < -0.3 is 9.84 Å². The summed E-state index contributed by atoms with van der Waals surface area (Å²) in [6, 6.07) is 16.6. The van der Waals surface area contributed by atoms with E-state index in [9.17, 15) is 32.7 Å². The molecule has 2 aliphatic carbocycles. The lowest BCUT2D eigenvalue weighted by molar-refractivity contribution is -0.139. The normalized spacial score (nSPS) is 25.9. The first kappa shape index (κ1) is 38.5. The highest BCUT2D eigenvalue weighted by Crippen LogP contribution is 2.64. The standard InChI is InChI=1S/C39H27Cl3F3IN4O6/c1-56-29-13-17(12-28(46)32(29)51)31-23-10-11-24-30(36(54)49(34(24)52)22-8-6-21(41)7-9-22)25(23)15-26-35(53)50(37(55)38(26,31)18-2-4-20(40)5-3-18)48-33-27(42)14-19(16-47-33)39(43,44)45/h2-10,12-14,16,24-26,30-31,51H,11,15H2,1H3,(H,47,48). The molecule has 2 saturated heterocycles. The molecule has 6 unspecified atom stereocenters. The predicted molar refractivity (Wildman–Crippen MR) is 208 cm³/mol. The zero-order chi connectivity index (χ0) is 40.0. The number of phenols is 1. The van der Waals surface area contributed by atoms with Crippen LogP contribution in [0.25, 0.3) is 0 Å². The molecule has 6 atom stereocenters. The Bertz CT molecular complexity index is 2380. The molecule has 4 aromatic rings. The van der Waals surface area contributed by atoms with Crippen LogP contribution in [0.15, 0.2) is 84.6 Å². The summed E-state index contributed by atoms with van der Waals surface area (Å²) in [5.74, 6) is -7.54. The molecule has 3 aromatic carbocycles. The van der Waals surface area contributed by atoms with Gasteiger partial charge in [-0.05, 0) is 107 Å². The largest absolute Gasteiger partial charge is 0.504 e. The van der Waals surface area contributed by atoms with Crippen LogP contribution < -0.4 is 15.1 Å². The molecule has 0 spiro atoms. The van der Waals surface area contributed by atoms with Crippen molar-refractivity contribution >= 4 is 92.5 Å². The van der Waals surface area contributed by atoms with Gasteiger partial charge in [-0.1, -0.05) is 58.6 Å². The number of hydrogen-bond donors (Lipinski definition) is 2. The fourth-order valence-electron chi connectivity index (χ4n) is 8.92. The first-order valence-electron chi connectivity index (χ1n) is 17.1. The number of hydrogen-bond acceptors (Lipinski definition) is 8. The second-order valence-corrected chi connectivity index (χ2v) is 16.4. The number of ether oxygens (including phenoxy) is 1. The van der Waals surface area contributed by atoms with E-state index in [0.717, 1.165) is 4.90 Å². The molecule has 8 rings (SSSR count). The number of carbonyl (C=O) groups excluding carboxylic acids is 4. The number of halogens is 7. The van der Waals surface area contributed by atoms with Gasteiger partial charge in [0, 0.05) is 22.2 Å². The number of allylic oxidation sites excluding steroid dienone is 2. The second kappa shape index (κ2) is 13.9. The number of nitrogens with zero attached hydrogens (tertiary/aromatic N) is 3. The Morgan fingerprint density at radius 1 is 0.929 bits per heavy atom. The number of fused-ring (bicyclic) bond motifs is 4. The Morgan fingerprint density at radius 3 is 2.21 bits per heavy atom. The van der Waals surface area contributed by atoms with E-state index in [2.05, 4.69) is 10.4 Å². The van der Waals surface area contributed by atoms with Gasteiger partial charge in [0.05, 0.1) is 50.1 Å². The highest BCUT2D eigenvalue weighted by molar-refractivity contribution is 14.1. The van der Waals surface area contributed by atoms with E-state index in [1.165, 1.54) is 7.11 Å². The van der Waals surface area contributed by atoms with Gasteiger partial charge in [0.1, 0.15) is 0 Å². The average Bonchev–Trinajstić information content (AvgIpc) is 3.54. The fraction of sp³-hybridized carbons (Fsp3) is 0.256. The summed E-state index contributed by atoms with van der Waals surface area (Å²) in [6.07, 6.45) is -2.30. The Hall–Kier alpha value is -4.38. The van der Waals surface area contributed by atoms with Crippen LogP contribution in [0.1, 0.15) is 35.4 Å². The highest BCUT2D eigenvalue weighted by atomic mass is 127. The molecule has 3 fully saturated rings. The number of benzene rings is 3. The zero-order valence-corrected chi connectivity index (χ0v) is 33.2. The van der Waals surface area contributed by atoms with E-state index >= 15 is 4.79 Å². The van der Waals surface area contributed by atoms with Crippen LogP contribution in [0.4, 0.5) is 24.7 Å². The molecule has 0 bridgehead atoms. The average molecular weight is 938 g/mol. The summed E-state index contributed by atoms with van der Waals surface area (Å²) in [5, 5.41) is 11.9. The summed E-state index contributed by atoms with van der Waals surface area (Å²) < 4.78 is 46.4. The van der Waals surface area contributed by atoms with Crippen LogP contribution in [0.5, 0.6) is 11.5 Å². The van der Waals surface area contributed by atoms with Crippen LogP contribution in [-0.2, 0) is 30.8 Å². The lowest BCUT2D eigenvalue weighted by atomic mass is 9.49. The minimum Gasteiger partial charge on any atom is -0.504 e. The molecular formula is C39H27Cl3F3IN4O6. The number of rotatable bonds is 6. The van der Waals surface area contributed by atoms with E-state index < -0.39 is 75.4 Å². The number of anilines is 2. The van der Waals surface area contributed by atoms with Gasteiger partial charge in [0.2, 0.25) is 11.8 Å². The molecule has 288 valence electrons. The van der Waals surface area contributed by atoms with Gasteiger partial charge in [0.15, 0.2) is 17.3 Å². The maximum absolute atomic E-state index is 15.4. The van der Waals surface area contributed by atoms with Crippen LogP contribution in [0.3, 0.4) is 0 Å². The Morgan fingerprint density at radius 2 is 1.59 bits per heavy atom. The van der Waals surface area contributed by atoms with Gasteiger partial charge in [-0.25, -0.2) is 4.98 Å². The number of amides is 4. The van der Waals surface area contributed by atoms with Crippen molar-refractivity contribution in [2.24, 2.45) is 23.7 Å². The Balaban J connectivity index is 1.33. The molecule has 1 aromatic heterocycles. The van der Waals surface area contributed by atoms with Gasteiger partial charge in [0.25, 0.3) is 11.8 Å². The lowest BCUT2D eigenvalue weighted by Gasteiger charge is -2.50. The molecule has 3 heterocycles. The molecule has 10 nitrogen and oxygen atoms in total. The van der Waals surface area contributed by atoms with Gasteiger partial charge in [-0.3, -0.25) is 29.5 Å². The molecule has 0 radical (unpaired) electrons. The predicted octanol–water partition coefficient (Wildman–Crippen LogP) is 8.57. The van der Waals surface area contributed by atoms with Crippen molar-refractivity contribution in [3.05, 3.63) is 120 Å². The second-order valence-electron chi connectivity index (χ2n) is 14.0. The number of pyridine rings is 1. The number of methoxy groups -OCH3 is 1. The smallest absolute Gasteiger partial charge is 0.417 e. The number of aromatic nitrogens is 1. The van der Waals surface area contributed by atoms with Crippen molar-refractivity contribution < 1.29 is 42.2 Å². The van der Waals surface area contributed by atoms with Crippen LogP contribution in [0, 0.1) is 27.2 Å². The van der Waals surface area contributed by atoms with Crippen LogP contribution in [-0.4, -0.2) is 45.8 Å². The minimum atomic E-state index is -4.76. The fourth-order valence-corrected chi connectivity index (χ4v) is 10.0. The monoisotopic (exact) mass is 936 g/mol. The molecular weight excluding hydrogens is 911 g/mol. The molecule has 17 heteroatoms. The molecule has 4 amide bonds. The zero-order valence-electron chi connectivity index (χ0n) is 28.8. The van der Waals surface area contributed by atoms with Gasteiger partial charge in [-0.2, -0.15) is 18.2 Å². The topological polar surface area (TPSA) is 129 Å². The van der Waals surface area contributed by atoms with Gasteiger partial charge in [-0.15, -0.1) is 0 Å². The summed E-state index contributed by atoms with van der Waals surface area (Å²) in [4.78, 5) is 63.7. The molecule has 2 aliphatic heterocycles. The van der Waals surface area contributed by atoms with Crippen molar-refractivity contribution in [1.82, 2.24) is 9.99 Å². The number of imide groups is 2. The number of phenolic OH excluding ortho intramolecular Hbond substituents is 1. The third-order valence-electron chi connectivity index (χ3n) is 11.2. The van der Waals surface area contributed by atoms with Crippen molar-refractivity contribution in [2.75, 3.05) is 17.4 Å². The third-order valence-corrected chi connectivity index (χ3v) is 12.9. The summed E-state index contributed by atoms with van der Waals surface area (Å²) in [7, 11) is 1.37. The van der Waals surface area contributed by atoms with E-state index in [-0.39, 0.29) is 30.2 Å². The molecule has 1 saturated carbocycles. The summed E-state index contributed by atoms with van der Waals surface area (Å²) >= 11 is 20.7. The third kappa shape index (κ3) is 5.85. The van der Waals surface area contributed by atoms with Gasteiger partial charge >= 0.3 is 6.18 Å². The molecule has 56 heavy (non-hydrogen) atoms. The number of hydrazine groups is 1. The first-order chi connectivity index (χ1) is 26.6. The molecule has 2 N–H and O–H groups in total. The number of aromatic hydroxyl groups is 1. The van der Waals surface area contributed by atoms with Crippen molar-refractivity contribution in [3.8, 4) is 11.5 Å². The number of nitrogens with one attached hydrogen (secondary N) is 1. The van der Waals surface area contributed by atoms with E-state index in [0.29, 0.717) is 53.3 Å². The van der Waals surface area contributed by atoms with Crippen LogP contribution in [0.2, 0.25) is 15.1 Å². The van der Waals surface area contributed by atoms with E-state index in [4.69, 9.17) is 39.5 Å². The Kier molecular flexibility index (Phi) is 9.57. The van der Waals surface area contributed by atoms with E-state index in [1.807, 2.05) is 28.7 Å².